The van der Waals surface area contributed by atoms with Crippen molar-refractivity contribution < 1.29 is 38.8 Å². The van der Waals surface area contributed by atoms with Crippen molar-refractivity contribution in [3.05, 3.63) is 0 Å². The summed E-state index contributed by atoms with van der Waals surface area (Å²) in [6.07, 6.45) is -1.68. The molecule has 0 spiro atoms. The molecule has 1 heterocycles. The molecule has 18 heavy (non-hydrogen) atoms. The highest BCUT2D eigenvalue weighted by Crippen LogP contribution is 2.14. The minimum absolute atomic E-state index is 0.651. The number of rotatable bonds is 1. The van der Waals surface area contributed by atoms with Crippen LogP contribution in [0.5, 0.6) is 0 Å². The summed E-state index contributed by atoms with van der Waals surface area (Å²) < 4.78 is 4.41. The summed E-state index contributed by atoms with van der Waals surface area (Å²) in [5.74, 6) is -5.37. The first kappa shape index (κ1) is 13.9. The standard InChI is InChI=1S/C8H10N2O8/c9-3-1-4(11)17-18-5(12)2-8(10,7(14)15)16-6(3)13/h3H,1-2,9-10H2,(H,14,15). The first-order chi connectivity index (χ1) is 8.24. The van der Waals surface area contributed by atoms with Gasteiger partial charge in [0.15, 0.2) is 0 Å². The third-order valence-corrected chi connectivity index (χ3v) is 1.97. The molecule has 2 unspecified atom stereocenters. The molecule has 1 aliphatic heterocycles. The lowest BCUT2D eigenvalue weighted by Crippen LogP contribution is -2.56. The van der Waals surface area contributed by atoms with Crippen molar-refractivity contribution in [3.63, 3.8) is 0 Å². The Morgan fingerprint density at radius 2 is 1.83 bits per heavy atom. The minimum atomic E-state index is -2.63. The van der Waals surface area contributed by atoms with E-state index in [9.17, 15) is 19.2 Å². The van der Waals surface area contributed by atoms with E-state index in [-0.39, 0.29) is 0 Å². The summed E-state index contributed by atoms with van der Waals surface area (Å²) in [4.78, 5) is 52.2. The average molecular weight is 262 g/mol. The van der Waals surface area contributed by atoms with Gasteiger partial charge in [0.05, 0.1) is 6.42 Å². The zero-order chi connectivity index (χ0) is 13.9. The Morgan fingerprint density at radius 3 is 2.39 bits per heavy atom. The first-order valence-electron chi connectivity index (χ1n) is 4.65. The van der Waals surface area contributed by atoms with E-state index in [4.69, 9.17) is 16.6 Å². The number of cyclic esters (lactones) is 1. The van der Waals surface area contributed by atoms with Gasteiger partial charge in [-0.3, -0.25) is 10.5 Å². The molecule has 0 aromatic rings. The molecule has 1 fully saturated rings. The van der Waals surface area contributed by atoms with Gasteiger partial charge in [0, 0.05) is 0 Å². The molecule has 0 radical (unpaired) electrons. The van der Waals surface area contributed by atoms with Crippen LogP contribution >= 0.6 is 0 Å². The van der Waals surface area contributed by atoms with Crippen molar-refractivity contribution in [2.24, 2.45) is 11.5 Å². The van der Waals surface area contributed by atoms with Crippen molar-refractivity contribution >= 4 is 23.9 Å². The molecule has 0 aromatic heterocycles. The number of ether oxygens (including phenoxy) is 1. The minimum Gasteiger partial charge on any atom is -0.477 e. The summed E-state index contributed by atoms with van der Waals surface area (Å²) in [5.41, 5.74) is 7.85. The topological polar surface area (TPSA) is 168 Å². The Kier molecular flexibility index (Phi) is 3.83. The fourth-order valence-corrected chi connectivity index (χ4v) is 1.04. The van der Waals surface area contributed by atoms with E-state index >= 15 is 0 Å². The summed E-state index contributed by atoms with van der Waals surface area (Å²) in [5, 5.41) is 8.79. The van der Waals surface area contributed by atoms with Crippen LogP contribution in [0, 0.1) is 0 Å². The lowest BCUT2D eigenvalue weighted by atomic mass is 10.1. The van der Waals surface area contributed by atoms with Gasteiger partial charge in [-0.2, -0.15) is 0 Å². The van der Waals surface area contributed by atoms with Crippen LogP contribution in [0.1, 0.15) is 12.8 Å². The maximum Gasteiger partial charge on any atom is 0.364 e. The third-order valence-electron chi connectivity index (χ3n) is 1.97. The molecule has 0 bridgehead atoms. The Bertz CT molecular complexity index is 408. The van der Waals surface area contributed by atoms with Crippen LogP contribution in [0.3, 0.4) is 0 Å². The number of carboxylic acid groups (broad SMARTS) is 1. The predicted octanol–water partition coefficient (Wildman–Crippen LogP) is -2.61. The molecular weight excluding hydrogens is 252 g/mol. The molecule has 0 aromatic carbocycles. The highest BCUT2D eigenvalue weighted by atomic mass is 17.2. The van der Waals surface area contributed by atoms with E-state index in [2.05, 4.69) is 14.5 Å². The number of hydrogen-bond donors (Lipinski definition) is 3. The van der Waals surface area contributed by atoms with Gasteiger partial charge in [-0.25, -0.2) is 24.2 Å². The monoisotopic (exact) mass is 262 g/mol. The number of hydrogen-bond acceptors (Lipinski definition) is 9. The Labute approximate surface area is 99.7 Å². The number of carbonyl (C=O) groups excluding carboxylic acids is 3. The largest absolute Gasteiger partial charge is 0.477 e. The first-order valence-corrected chi connectivity index (χ1v) is 4.65. The molecule has 100 valence electrons. The second kappa shape index (κ2) is 4.98. The zero-order valence-corrected chi connectivity index (χ0v) is 8.95. The average Bonchev–Trinajstić information content (AvgIpc) is 2.24. The number of carbonyl (C=O) groups is 4. The van der Waals surface area contributed by atoms with Gasteiger partial charge in [0.1, 0.15) is 12.5 Å². The van der Waals surface area contributed by atoms with E-state index in [0.29, 0.717) is 0 Å². The van der Waals surface area contributed by atoms with Crippen LogP contribution in [0.25, 0.3) is 0 Å². The molecule has 1 aliphatic rings. The van der Waals surface area contributed by atoms with E-state index in [1.54, 1.807) is 0 Å². The molecule has 1 rings (SSSR count). The van der Waals surface area contributed by atoms with Crippen LogP contribution in [0.4, 0.5) is 0 Å². The molecular formula is C8H10N2O8. The highest BCUT2D eigenvalue weighted by molar-refractivity contribution is 5.89. The smallest absolute Gasteiger partial charge is 0.364 e. The molecule has 0 saturated carbocycles. The van der Waals surface area contributed by atoms with Gasteiger partial charge in [-0.15, -0.1) is 0 Å². The van der Waals surface area contributed by atoms with Crippen molar-refractivity contribution in [2.45, 2.75) is 24.6 Å². The predicted molar refractivity (Wildman–Crippen MR) is 50.0 cm³/mol. The third kappa shape index (κ3) is 3.15. The van der Waals surface area contributed by atoms with E-state index < -0.39 is 48.5 Å². The van der Waals surface area contributed by atoms with Gasteiger partial charge in [0.2, 0.25) is 0 Å². The van der Waals surface area contributed by atoms with Crippen LogP contribution in [0.15, 0.2) is 0 Å². The molecule has 0 amide bonds. The van der Waals surface area contributed by atoms with Gasteiger partial charge in [0.25, 0.3) is 5.72 Å². The number of aliphatic carboxylic acids is 1. The molecule has 5 N–H and O–H groups in total. The van der Waals surface area contributed by atoms with Crippen molar-refractivity contribution in [1.29, 1.82) is 0 Å². The van der Waals surface area contributed by atoms with Crippen LogP contribution in [0.2, 0.25) is 0 Å². The number of esters is 1. The molecule has 10 nitrogen and oxygen atoms in total. The lowest BCUT2D eigenvalue weighted by Gasteiger charge is -2.25. The van der Waals surface area contributed by atoms with Gasteiger partial charge in [-0.1, -0.05) is 0 Å². The van der Waals surface area contributed by atoms with Crippen molar-refractivity contribution in [3.8, 4) is 0 Å². The maximum absolute atomic E-state index is 11.4. The number of nitrogens with two attached hydrogens (primary N) is 2. The fourth-order valence-electron chi connectivity index (χ4n) is 1.04. The Morgan fingerprint density at radius 1 is 1.28 bits per heavy atom. The van der Waals surface area contributed by atoms with E-state index in [1.165, 1.54) is 0 Å². The highest BCUT2D eigenvalue weighted by Gasteiger charge is 2.44. The Balaban J connectivity index is 2.97. The quantitative estimate of drug-likeness (QED) is 0.336. The van der Waals surface area contributed by atoms with Crippen LogP contribution in [-0.2, 0) is 33.7 Å². The Hall–Kier alpha value is -2.20. The molecule has 0 aliphatic carbocycles. The molecule has 10 heteroatoms. The fraction of sp³-hybridized carbons (Fsp3) is 0.500. The second-order valence-electron chi connectivity index (χ2n) is 3.51. The SMILES string of the molecule is NC1CC(=O)OOC(=O)CC(N)(C(=O)O)OC1=O. The zero-order valence-electron chi connectivity index (χ0n) is 8.95. The van der Waals surface area contributed by atoms with Gasteiger partial charge in [-0.05, 0) is 0 Å². The summed E-state index contributed by atoms with van der Waals surface area (Å²) in [6, 6.07) is -1.48. The van der Waals surface area contributed by atoms with Gasteiger partial charge < -0.3 is 15.6 Å². The summed E-state index contributed by atoms with van der Waals surface area (Å²) in [6.45, 7) is 0. The lowest BCUT2D eigenvalue weighted by molar-refractivity contribution is -0.263. The van der Waals surface area contributed by atoms with Gasteiger partial charge >= 0.3 is 23.9 Å². The van der Waals surface area contributed by atoms with Crippen molar-refractivity contribution in [1.82, 2.24) is 0 Å². The van der Waals surface area contributed by atoms with E-state index in [1.807, 2.05) is 0 Å². The van der Waals surface area contributed by atoms with Crippen molar-refractivity contribution in [2.75, 3.05) is 0 Å². The van der Waals surface area contributed by atoms with Crippen LogP contribution < -0.4 is 11.5 Å². The molecule has 1 saturated heterocycles. The normalized spacial score (nSPS) is 29.9. The maximum atomic E-state index is 11.4. The van der Waals surface area contributed by atoms with E-state index in [0.717, 1.165) is 0 Å². The second-order valence-corrected chi connectivity index (χ2v) is 3.51. The summed E-state index contributed by atoms with van der Waals surface area (Å²) >= 11 is 0. The van der Waals surface area contributed by atoms with Crippen LogP contribution in [-0.4, -0.2) is 40.8 Å². The molecule has 2 atom stereocenters. The summed E-state index contributed by atoms with van der Waals surface area (Å²) in [7, 11) is 0. The number of carboxylic acids is 1.